The highest BCUT2D eigenvalue weighted by Gasteiger charge is 2.29. The van der Waals surface area contributed by atoms with Crippen LogP contribution in [0.1, 0.15) is 40.0 Å². The molecule has 0 bridgehead atoms. The van der Waals surface area contributed by atoms with E-state index in [1.807, 2.05) is 20.8 Å². The van der Waals surface area contributed by atoms with Gasteiger partial charge < -0.3 is 20.5 Å². The van der Waals surface area contributed by atoms with Crippen LogP contribution in [0.3, 0.4) is 0 Å². The Morgan fingerprint density at radius 3 is 2.58 bits per heavy atom. The van der Waals surface area contributed by atoms with Gasteiger partial charge in [0.05, 0.1) is 19.1 Å². The lowest BCUT2D eigenvalue weighted by Crippen LogP contribution is -2.52. The van der Waals surface area contributed by atoms with Gasteiger partial charge in [-0.05, 0) is 18.3 Å². The Bertz CT molecular complexity index is 319. The van der Waals surface area contributed by atoms with Crippen LogP contribution in [0.2, 0.25) is 0 Å². The van der Waals surface area contributed by atoms with Crippen LogP contribution in [-0.4, -0.2) is 42.4 Å². The number of amides is 2. The average molecular weight is 272 g/mol. The van der Waals surface area contributed by atoms with Crippen LogP contribution in [0.5, 0.6) is 0 Å². The fourth-order valence-electron chi connectivity index (χ4n) is 1.99. The van der Waals surface area contributed by atoms with E-state index < -0.39 is 12.0 Å². The molecule has 1 saturated heterocycles. The van der Waals surface area contributed by atoms with Crippen molar-refractivity contribution in [2.45, 2.75) is 52.1 Å². The quantitative estimate of drug-likeness (QED) is 0.721. The first-order valence-corrected chi connectivity index (χ1v) is 6.65. The summed E-state index contributed by atoms with van der Waals surface area (Å²) in [5.41, 5.74) is -0.307. The van der Waals surface area contributed by atoms with Gasteiger partial charge in [-0.15, -0.1) is 0 Å². The molecule has 6 heteroatoms. The van der Waals surface area contributed by atoms with Crippen molar-refractivity contribution < 1.29 is 19.4 Å². The van der Waals surface area contributed by atoms with Crippen molar-refractivity contribution in [2.75, 3.05) is 13.2 Å². The average Bonchev–Trinajstić information content (AvgIpc) is 2.27. The van der Waals surface area contributed by atoms with Crippen LogP contribution < -0.4 is 10.6 Å². The molecule has 19 heavy (non-hydrogen) atoms. The van der Waals surface area contributed by atoms with Gasteiger partial charge >= 0.3 is 12.0 Å². The van der Waals surface area contributed by atoms with Gasteiger partial charge in [-0.1, -0.05) is 20.8 Å². The van der Waals surface area contributed by atoms with Gasteiger partial charge in [-0.2, -0.15) is 0 Å². The van der Waals surface area contributed by atoms with Crippen LogP contribution in [0.25, 0.3) is 0 Å². The van der Waals surface area contributed by atoms with Crippen molar-refractivity contribution >= 4 is 12.0 Å². The first kappa shape index (κ1) is 15.8. The van der Waals surface area contributed by atoms with Gasteiger partial charge in [-0.3, -0.25) is 4.79 Å². The highest BCUT2D eigenvalue weighted by atomic mass is 16.5. The lowest BCUT2D eigenvalue weighted by Gasteiger charge is -2.31. The molecule has 0 aromatic rings. The first-order chi connectivity index (χ1) is 8.79. The first-order valence-electron chi connectivity index (χ1n) is 6.65. The number of ether oxygens (including phenoxy) is 1. The number of carbonyl (C=O) groups excluding carboxylic acids is 1. The standard InChI is InChI=1S/C13H24N2O4/c1-13(2,3)10(7-11(16)17)15-12(18)14-9-5-4-6-19-8-9/h9-10H,4-8H2,1-3H3,(H,16,17)(H2,14,15,18). The molecule has 0 saturated carbocycles. The Balaban J connectivity index is 2.48. The van der Waals surface area contributed by atoms with Crippen molar-refractivity contribution in [3.8, 4) is 0 Å². The molecule has 110 valence electrons. The summed E-state index contributed by atoms with van der Waals surface area (Å²) in [4.78, 5) is 22.7. The molecule has 1 aliphatic rings. The summed E-state index contributed by atoms with van der Waals surface area (Å²) in [5.74, 6) is -0.916. The molecule has 6 nitrogen and oxygen atoms in total. The molecule has 0 radical (unpaired) electrons. The van der Waals surface area contributed by atoms with Crippen LogP contribution in [-0.2, 0) is 9.53 Å². The predicted molar refractivity (Wildman–Crippen MR) is 71.0 cm³/mol. The van der Waals surface area contributed by atoms with Gasteiger partial charge in [0.1, 0.15) is 0 Å². The number of rotatable bonds is 4. The highest BCUT2D eigenvalue weighted by Crippen LogP contribution is 2.21. The van der Waals surface area contributed by atoms with E-state index in [0.29, 0.717) is 6.61 Å². The maximum Gasteiger partial charge on any atom is 0.315 e. The molecule has 1 fully saturated rings. The zero-order valence-electron chi connectivity index (χ0n) is 11.9. The molecule has 0 aliphatic carbocycles. The number of urea groups is 1. The molecule has 2 amide bonds. The maximum atomic E-state index is 11.9. The normalized spacial score (nSPS) is 21.5. The van der Waals surface area contributed by atoms with Crippen molar-refractivity contribution in [1.29, 1.82) is 0 Å². The minimum absolute atomic E-state index is 0.0131. The van der Waals surface area contributed by atoms with Crippen LogP contribution in [0.4, 0.5) is 4.79 Å². The van der Waals surface area contributed by atoms with E-state index in [-0.39, 0.29) is 23.9 Å². The third-order valence-electron chi connectivity index (χ3n) is 3.22. The van der Waals surface area contributed by atoms with Gasteiger partial charge in [0.25, 0.3) is 0 Å². The summed E-state index contributed by atoms with van der Waals surface area (Å²) < 4.78 is 5.28. The lowest BCUT2D eigenvalue weighted by atomic mass is 9.85. The number of carboxylic acids is 1. The van der Waals surface area contributed by atoms with Gasteiger partial charge in [-0.25, -0.2) is 4.79 Å². The van der Waals surface area contributed by atoms with Crippen molar-refractivity contribution in [2.24, 2.45) is 5.41 Å². The molecular weight excluding hydrogens is 248 g/mol. The van der Waals surface area contributed by atoms with Crippen molar-refractivity contribution in [3.63, 3.8) is 0 Å². The Morgan fingerprint density at radius 2 is 2.11 bits per heavy atom. The smallest absolute Gasteiger partial charge is 0.315 e. The molecular formula is C13H24N2O4. The van der Waals surface area contributed by atoms with E-state index in [2.05, 4.69) is 10.6 Å². The Kier molecular flexibility index (Phi) is 5.60. The number of carbonyl (C=O) groups is 2. The number of hydrogen-bond donors (Lipinski definition) is 3. The molecule has 0 aromatic heterocycles. The predicted octanol–water partition coefficient (Wildman–Crippen LogP) is 1.35. The Labute approximate surface area is 113 Å². The fourth-order valence-corrected chi connectivity index (χ4v) is 1.99. The minimum atomic E-state index is -0.916. The highest BCUT2D eigenvalue weighted by molar-refractivity contribution is 5.76. The third kappa shape index (κ3) is 5.92. The Morgan fingerprint density at radius 1 is 1.42 bits per heavy atom. The summed E-state index contributed by atoms with van der Waals surface area (Å²) in [6.07, 6.45) is 1.74. The minimum Gasteiger partial charge on any atom is -0.481 e. The van der Waals surface area contributed by atoms with Crippen LogP contribution in [0, 0.1) is 5.41 Å². The lowest BCUT2D eigenvalue weighted by molar-refractivity contribution is -0.138. The summed E-state index contributed by atoms with van der Waals surface area (Å²) >= 11 is 0. The van der Waals surface area contributed by atoms with Gasteiger partial charge in [0.2, 0.25) is 0 Å². The number of carboxylic acid groups (broad SMARTS) is 1. The molecule has 0 spiro atoms. The molecule has 2 atom stereocenters. The monoisotopic (exact) mass is 272 g/mol. The summed E-state index contributed by atoms with van der Waals surface area (Å²) in [6.45, 7) is 6.98. The second-order valence-corrected chi connectivity index (χ2v) is 6.05. The topological polar surface area (TPSA) is 87.7 Å². The number of aliphatic carboxylic acids is 1. The van der Waals surface area contributed by atoms with Gasteiger partial charge in [0.15, 0.2) is 0 Å². The van der Waals surface area contributed by atoms with Crippen LogP contribution >= 0.6 is 0 Å². The van der Waals surface area contributed by atoms with E-state index in [4.69, 9.17) is 9.84 Å². The van der Waals surface area contributed by atoms with Crippen molar-refractivity contribution in [3.05, 3.63) is 0 Å². The second-order valence-electron chi connectivity index (χ2n) is 6.05. The van der Waals surface area contributed by atoms with E-state index in [0.717, 1.165) is 19.4 Å². The summed E-state index contributed by atoms with van der Waals surface area (Å²) in [6, 6.07) is -0.717. The fraction of sp³-hybridized carbons (Fsp3) is 0.846. The molecule has 0 aromatic carbocycles. The third-order valence-corrected chi connectivity index (χ3v) is 3.22. The Hall–Kier alpha value is -1.30. The summed E-state index contributed by atoms with van der Waals surface area (Å²) in [7, 11) is 0. The van der Waals surface area contributed by atoms with E-state index >= 15 is 0 Å². The SMILES string of the molecule is CC(C)(C)C(CC(=O)O)NC(=O)NC1CCCOC1. The number of hydrogen-bond acceptors (Lipinski definition) is 3. The zero-order chi connectivity index (χ0) is 14.5. The molecule has 3 N–H and O–H groups in total. The summed E-state index contributed by atoms with van der Waals surface area (Å²) in [5, 5.41) is 14.5. The second kappa shape index (κ2) is 6.75. The maximum absolute atomic E-state index is 11.9. The molecule has 1 heterocycles. The van der Waals surface area contributed by atoms with Gasteiger partial charge in [0, 0.05) is 12.6 Å². The number of nitrogens with one attached hydrogen (secondary N) is 2. The molecule has 1 rings (SSSR count). The van der Waals surface area contributed by atoms with Crippen molar-refractivity contribution in [1.82, 2.24) is 10.6 Å². The van der Waals surface area contributed by atoms with E-state index in [1.165, 1.54) is 0 Å². The van der Waals surface area contributed by atoms with Crippen LogP contribution in [0.15, 0.2) is 0 Å². The van der Waals surface area contributed by atoms with E-state index in [1.54, 1.807) is 0 Å². The molecule has 2 unspecified atom stereocenters. The zero-order valence-corrected chi connectivity index (χ0v) is 11.9. The van der Waals surface area contributed by atoms with E-state index in [9.17, 15) is 9.59 Å². The largest absolute Gasteiger partial charge is 0.481 e. The molecule has 1 aliphatic heterocycles.